The molecule has 1 amide bonds. The molecule has 24 heavy (non-hydrogen) atoms. The average Bonchev–Trinajstić information content (AvgIpc) is 2.92. The lowest BCUT2D eigenvalue weighted by Crippen LogP contribution is -2.56. The second-order valence-electron chi connectivity index (χ2n) is 6.13. The van der Waals surface area contributed by atoms with Crippen molar-refractivity contribution in [2.45, 2.75) is 50.1 Å². The zero-order valence-electron chi connectivity index (χ0n) is 14.0. The van der Waals surface area contributed by atoms with Gasteiger partial charge < -0.3 is 29.5 Å². The topological polar surface area (TPSA) is 94.8 Å². The standard InChI is InChI=1S/C15H25N3O5S/c1-3-17(4-2)15(21)22-8-9-11(19)12(20)10-13(23-9)24-14(16-10)18-6-5-7-18/h9-13,19-20H,3-8H2,1-2H3/t9?,10-,11-,12-,13-/m1/s1. The number of nitrogens with zero attached hydrogens (tertiary/aromatic N) is 3. The van der Waals surface area contributed by atoms with E-state index in [-0.39, 0.29) is 12.0 Å². The first kappa shape index (κ1) is 17.8. The van der Waals surface area contributed by atoms with E-state index in [1.54, 1.807) is 4.90 Å². The second-order valence-corrected chi connectivity index (χ2v) is 7.20. The van der Waals surface area contributed by atoms with Crippen molar-refractivity contribution in [1.29, 1.82) is 0 Å². The van der Waals surface area contributed by atoms with E-state index in [4.69, 9.17) is 9.47 Å². The molecule has 0 spiro atoms. The molecule has 0 aliphatic carbocycles. The van der Waals surface area contributed by atoms with E-state index in [1.165, 1.54) is 11.8 Å². The van der Waals surface area contributed by atoms with E-state index in [1.807, 2.05) is 13.8 Å². The van der Waals surface area contributed by atoms with Gasteiger partial charge in [0, 0.05) is 26.2 Å². The lowest BCUT2D eigenvalue weighted by molar-refractivity contribution is -0.165. The Balaban J connectivity index is 1.57. The van der Waals surface area contributed by atoms with Crippen LogP contribution in [-0.2, 0) is 9.47 Å². The van der Waals surface area contributed by atoms with Crippen molar-refractivity contribution in [3.63, 3.8) is 0 Å². The number of hydrogen-bond donors (Lipinski definition) is 2. The summed E-state index contributed by atoms with van der Waals surface area (Å²) in [6.07, 6.45) is -2.20. The summed E-state index contributed by atoms with van der Waals surface area (Å²) in [5.74, 6) is 0. The van der Waals surface area contributed by atoms with Gasteiger partial charge in [0.25, 0.3) is 0 Å². The van der Waals surface area contributed by atoms with Gasteiger partial charge in [0.1, 0.15) is 36.4 Å². The highest BCUT2D eigenvalue weighted by molar-refractivity contribution is 8.14. The van der Waals surface area contributed by atoms with Gasteiger partial charge in [-0.25, -0.2) is 4.79 Å². The molecule has 2 N–H and O–H groups in total. The smallest absolute Gasteiger partial charge is 0.409 e. The summed E-state index contributed by atoms with van der Waals surface area (Å²) in [5, 5.41) is 21.5. The Bertz CT molecular complexity index is 498. The fraction of sp³-hybridized carbons (Fsp3) is 0.867. The van der Waals surface area contributed by atoms with E-state index < -0.39 is 30.4 Å². The molecule has 2 fully saturated rings. The Labute approximate surface area is 145 Å². The normalized spacial score (nSPS) is 35.1. The van der Waals surface area contributed by atoms with Gasteiger partial charge in [0.05, 0.1) is 0 Å². The molecule has 0 aromatic rings. The van der Waals surface area contributed by atoms with E-state index in [0.29, 0.717) is 13.1 Å². The monoisotopic (exact) mass is 359 g/mol. The number of carbonyl (C=O) groups excluding carboxylic acids is 1. The highest BCUT2D eigenvalue weighted by Gasteiger charge is 2.49. The van der Waals surface area contributed by atoms with Gasteiger partial charge in [0.15, 0.2) is 5.17 Å². The van der Waals surface area contributed by atoms with E-state index in [0.717, 1.165) is 24.7 Å². The number of thioether (sulfide) groups is 1. The molecular weight excluding hydrogens is 334 g/mol. The highest BCUT2D eigenvalue weighted by Crippen LogP contribution is 2.38. The van der Waals surface area contributed by atoms with Crippen molar-refractivity contribution in [3.8, 4) is 0 Å². The third-order valence-electron chi connectivity index (χ3n) is 4.67. The Morgan fingerprint density at radius 1 is 1.38 bits per heavy atom. The number of rotatable bonds is 4. The molecule has 136 valence electrons. The summed E-state index contributed by atoms with van der Waals surface area (Å²) >= 11 is 1.47. The molecule has 9 heteroatoms. The second kappa shape index (κ2) is 7.47. The Morgan fingerprint density at radius 2 is 2.08 bits per heavy atom. The van der Waals surface area contributed by atoms with Crippen LogP contribution in [0.1, 0.15) is 20.3 Å². The Kier molecular flexibility index (Phi) is 5.53. The maximum Gasteiger partial charge on any atom is 0.409 e. The first-order valence-corrected chi connectivity index (χ1v) is 9.35. The number of likely N-dealkylation sites (tertiary alicyclic amines) is 1. The quantitative estimate of drug-likeness (QED) is 0.734. The number of carbonyl (C=O) groups is 1. The number of aliphatic hydroxyl groups is 2. The highest BCUT2D eigenvalue weighted by atomic mass is 32.2. The molecule has 2 saturated heterocycles. The predicted octanol–water partition coefficient (Wildman–Crippen LogP) is 0.0886. The van der Waals surface area contributed by atoms with Gasteiger partial charge in [-0.2, -0.15) is 0 Å². The van der Waals surface area contributed by atoms with Gasteiger partial charge in [-0.1, -0.05) is 11.8 Å². The SMILES string of the molecule is CCN(CC)C(=O)OCC1O[C@@H]2SC(N3CCC3)=N[C@@H]2[C@@H](O)[C@@H]1O. The minimum atomic E-state index is -1.13. The van der Waals surface area contributed by atoms with E-state index in [9.17, 15) is 15.0 Å². The molecule has 5 atom stereocenters. The molecule has 8 nitrogen and oxygen atoms in total. The van der Waals surface area contributed by atoms with Crippen LogP contribution in [0.4, 0.5) is 4.79 Å². The number of hydrogen-bond acceptors (Lipinski definition) is 8. The van der Waals surface area contributed by atoms with Crippen LogP contribution >= 0.6 is 11.8 Å². The largest absolute Gasteiger partial charge is 0.447 e. The third kappa shape index (κ3) is 3.35. The molecule has 0 aromatic heterocycles. The lowest BCUT2D eigenvalue weighted by atomic mass is 9.99. The van der Waals surface area contributed by atoms with E-state index in [2.05, 4.69) is 9.89 Å². The van der Waals surface area contributed by atoms with Crippen LogP contribution in [-0.4, -0.2) is 93.8 Å². The van der Waals surface area contributed by atoms with Crippen LogP contribution in [0.3, 0.4) is 0 Å². The number of aliphatic hydroxyl groups excluding tert-OH is 2. The van der Waals surface area contributed by atoms with Gasteiger partial charge in [-0.15, -0.1) is 0 Å². The lowest BCUT2D eigenvalue weighted by Gasteiger charge is -2.38. The van der Waals surface area contributed by atoms with Crippen LogP contribution in [0, 0.1) is 0 Å². The van der Waals surface area contributed by atoms with Crippen molar-refractivity contribution < 1.29 is 24.5 Å². The van der Waals surface area contributed by atoms with Gasteiger partial charge >= 0.3 is 6.09 Å². The molecule has 0 saturated carbocycles. The van der Waals surface area contributed by atoms with E-state index >= 15 is 0 Å². The summed E-state index contributed by atoms with van der Waals surface area (Å²) in [7, 11) is 0. The van der Waals surface area contributed by atoms with Crippen LogP contribution < -0.4 is 0 Å². The molecule has 3 rings (SSSR count). The zero-order chi connectivity index (χ0) is 17.3. The average molecular weight is 359 g/mol. The van der Waals surface area contributed by atoms with Gasteiger partial charge in [0.2, 0.25) is 0 Å². The molecule has 3 aliphatic heterocycles. The molecule has 0 aromatic carbocycles. The van der Waals surface area contributed by atoms with Gasteiger partial charge in [-0.3, -0.25) is 4.99 Å². The fourth-order valence-corrected chi connectivity index (χ4v) is 4.22. The minimum Gasteiger partial charge on any atom is -0.447 e. The number of ether oxygens (including phenoxy) is 2. The van der Waals surface area contributed by atoms with Crippen molar-refractivity contribution >= 4 is 23.0 Å². The van der Waals surface area contributed by atoms with Crippen molar-refractivity contribution in [2.75, 3.05) is 32.8 Å². The summed E-state index contributed by atoms with van der Waals surface area (Å²) in [6, 6.07) is -0.477. The minimum absolute atomic E-state index is 0.0869. The third-order valence-corrected chi connectivity index (χ3v) is 5.87. The van der Waals surface area contributed by atoms with Crippen molar-refractivity contribution in [3.05, 3.63) is 0 Å². The maximum absolute atomic E-state index is 11.9. The molecule has 3 heterocycles. The number of fused-ring (bicyclic) bond motifs is 1. The molecule has 0 bridgehead atoms. The first-order valence-electron chi connectivity index (χ1n) is 8.47. The molecule has 3 aliphatic rings. The fourth-order valence-electron chi connectivity index (χ4n) is 2.94. The number of amides is 1. The Hall–Kier alpha value is -1.03. The predicted molar refractivity (Wildman–Crippen MR) is 89.9 cm³/mol. The summed E-state index contributed by atoms with van der Waals surface area (Å²) in [5.41, 5.74) is -0.351. The summed E-state index contributed by atoms with van der Waals surface area (Å²) < 4.78 is 11.1. The number of amidine groups is 1. The Morgan fingerprint density at radius 3 is 2.67 bits per heavy atom. The summed E-state index contributed by atoms with van der Waals surface area (Å²) in [6.45, 7) is 6.70. The zero-order valence-corrected chi connectivity index (χ0v) is 14.8. The first-order chi connectivity index (χ1) is 11.5. The summed E-state index contributed by atoms with van der Waals surface area (Å²) in [4.78, 5) is 20.1. The van der Waals surface area contributed by atoms with Crippen LogP contribution in [0.15, 0.2) is 4.99 Å². The van der Waals surface area contributed by atoms with Crippen LogP contribution in [0.25, 0.3) is 0 Å². The van der Waals surface area contributed by atoms with Gasteiger partial charge in [-0.05, 0) is 20.3 Å². The van der Waals surface area contributed by atoms with Crippen LogP contribution in [0.5, 0.6) is 0 Å². The number of aliphatic imine (C=N–C) groups is 1. The molecular formula is C15H25N3O5S. The van der Waals surface area contributed by atoms with Crippen molar-refractivity contribution in [2.24, 2.45) is 4.99 Å². The van der Waals surface area contributed by atoms with Crippen LogP contribution in [0.2, 0.25) is 0 Å². The molecule has 1 unspecified atom stereocenters. The van der Waals surface area contributed by atoms with Crippen molar-refractivity contribution in [1.82, 2.24) is 9.80 Å². The maximum atomic E-state index is 11.9. The molecule has 0 radical (unpaired) electrons.